The summed E-state index contributed by atoms with van der Waals surface area (Å²) in [4.78, 5) is 42.3. The van der Waals surface area contributed by atoms with Crippen molar-refractivity contribution in [3.05, 3.63) is 35.9 Å². The van der Waals surface area contributed by atoms with Crippen LogP contribution in [-0.4, -0.2) is 76.5 Å². The Kier molecular flexibility index (Phi) is 11.5. The number of aryl methyl sites for hydroxylation is 1. The summed E-state index contributed by atoms with van der Waals surface area (Å²) in [5.74, 6) is -2.59. The number of carbonyl (C=O) groups excluding carboxylic acids is 1. The number of carboxylic acids is 2. The van der Waals surface area contributed by atoms with Crippen LogP contribution in [0.2, 0.25) is 0 Å². The number of amides is 1. The summed E-state index contributed by atoms with van der Waals surface area (Å²) >= 11 is 0. The molecule has 12 nitrogen and oxygen atoms in total. The van der Waals surface area contributed by atoms with Crippen LogP contribution in [0.1, 0.15) is 44.1 Å². The van der Waals surface area contributed by atoms with Gasteiger partial charge in [0.15, 0.2) is 0 Å². The summed E-state index contributed by atoms with van der Waals surface area (Å²) < 4.78 is 0. The van der Waals surface area contributed by atoms with E-state index in [0.29, 0.717) is 58.0 Å². The highest BCUT2D eigenvalue weighted by molar-refractivity contribution is 5.88. The highest BCUT2D eigenvalue weighted by atomic mass is 16.4. The topological polar surface area (TPSA) is 196 Å². The molecule has 0 unspecified atom stereocenters. The van der Waals surface area contributed by atoms with Crippen LogP contribution in [0, 0.1) is 0 Å². The molecule has 0 spiro atoms. The number of guanidine groups is 1. The fraction of sp³-hybridized carbons (Fsp3) is 0.522. The first-order valence-corrected chi connectivity index (χ1v) is 11.7. The van der Waals surface area contributed by atoms with E-state index in [0.717, 1.165) is 5.56 Å². The summed E-state index contributed by atoms with van der Waals surface area (Å²) in [6.45, 7) is 0.794. The number of benzene rings is 1. The monoisotopic (exact) mass is 489 g/mol. The largest absolute Gasteiger partial charge is 0.480 e. The van der Waals surface area contributed by atoms with E-state index in [2.05, 4.69) is 20.8 Å². The van der Waals surface area contributed by atoms with E-state index in [9.17, 15) is 24.6 Å². The minimum absolute atomic E-state index is 0.120. The van der Waals surface area contributed by atoms with Crippen LogP contribution in [0.4, 0.5) is 0 Å². The average molecular weight is 490 g/mol. The third-order valence-electron chi connectivity index (χ3n) is 5.76. The Balaban J connectivity index is 2.01. The maximum absolute atomic E-state index is 13.3. The normalized spacial score (nSPS) is 17.1. The summed E-state index contributed by atoms with van der Waals surface area (Å²) in [6.07, 6.45) is 4.75. The van der Waals surface area contributed by atoms with Crippen molar-refractivity contribution in [3.8, 4) is 0 Å². The first kappa shape index (κ1) is 27.6. The first-order valence-electron chi connectivity index (χ1n) is 11.7. The molecule has 1 aromatic carbocycles. The molecule has 8 N–H and O–H groups in total. The maximum atomic E-state index is 13.3. The number of nitrogens with two attached hydrogens (primary N) is 2. The number of aliphatic carboxylic acids is 2. The number of hydrogen-bond donors (Lipinski definition) is 6. The number of carboxylic acid groups (broad SMARTS) is 2. The van der Waals surface area contributed by atoms with E-state index in [1.54, 1.807) is 0 Å². The van der Waals surface area contributed by atoms with Gasteiger partial charge in [0.2, 0.25) is 11.9 Å². The van der Waals surface area contributed by atoms with Gasteiger partial charge in [0.1, 0.15) is 18.4 Å². The van der Waals surface area contributed by atoms with Gasteiger partial charge < -0.3 is 26.6 Å². The first-order chi connectivity index (χ1) is 16.8. The van der Waals surface area contributed by atoms with Crippen molar-refractivity contribution in [3.63, 3.8) is 0 Å². The molecule has 2 rings (SSSR count). The highest BCUT2D eigenvalue weighted by Crippen LogP contribution is 2.20. The lowest BCUT2D eigenvalue weighted by Gasteiger charge is -2.29. The molecule has 3 atom stereocenters. The van der Waals surface area contributed by atoms with Gasteiger partial charge in [-0.3, -0.25) is 25.3 Å². The number of nitrogens with one attached hydrogen (secondary N) is 2. The summed E-state index contributed by atoms with van der Waals surface area (Å²) in [5, 5.41) is 25.8. The molecule has 1 saturated heterocycles. The van der Waals surface area contributed by atoms with Gasteiger partial charge in [-0.25, -0.2) is 4.79 Å². The lowest BCUT2D eigenvalue weighted by molar-refractivity contribution is -0.149. The maximum Gasteiger partial charge on any atom is 0.326 e. The Labute approximate surface area is 204 Å². The van der Waals surface area contributed by atoms with E-state index in [4.69, 9.17) is 11.5 Å². The molecule has 1 heterocycles. The second-order valence-corrected chi connectivity index (χ2v) is 8.36. The SMILES string of the molecule is NC(N)=NNC=NCCCC[C@H](N[C@@H](CCc1ccccc1)C(=O)O)C(=O)N1CCC[C@H]1C(=O)O. The Morgan fingerprint density at radius 3 is 2.51 bits per heavy atom. The Morgan fingerprint density at radius 1 is 1.11 bits per heavy atom. The molecule has 12 heteroatoms. The van der Waals surface area contributed by atoms with Crippen LogP contribution in [-0.2, 0) is 20.8 Å². The molecule has 0 saturated carbocycles. The molecule has 1 fully saturated rings. The Morgan fingerprint density at radius 2 is 1.86 bits per heavy atom. The van der Waals surface area contributed by atoms with Gasteiger partial charge >= 0.3 is 11.9 Å². The third kappa shape index (κ3) is 9.61. The van der Waals surface area contributed by atoms with Crippen molar-refractivity contribution in [1.29, 1.82) is 0 Å². The van der Waals surface area contributed by atoms with Crippen LogP contribution in [0.25, 0.3) is 0 Å². The zero-order valence-electron chi connectivity index (χ0n) is 19.7. The number of rotatable bonds is 15. The van der Waals surface area contributed by atoms with Gasteiger partial charge in [-0.1, -0.05) is 30.3 Å². The van der Waals surface area contributed by atoms with Crippen LogP contribution < -0.4 is 22.2 Å². The molecular weight excluding hydrogens is 454 g/mol. The van der Waals surface area contributed by atoms with Crippen molar-refractivity contribution < 1.29 is 24.6 Å². The number of hydrogen-bond acceptors (Lipinski definition) is 6. The second-order valence-electron chi connectivity index (χ2n) is 8.36. The van der Waals surface area contributed by atoms with Gasteiger partial charge in [-0.05, 0) is 50.5 Å². The molecular formula is C23H35N7O5. The van der Waals surface area contributed by atoms with Crippen molar-refractivity contribution in [2.45, 2.75) is 63.1 Å². The molecule has 192 valence electrons. The highest BCUT2D eigenvalue weighted by Gasteiger charge is 2.38. The van der Waals surface area contributed by atoms with Gasteiger partial charge in [-0.2, -0.15) is 0 Å². The smallest absolute Gasteiger partial charge is 0.326 e. The molecule has 0 aliphatic carbocycles. The van der Waals surface area contributed by atoms with E-state index in [-0.39, 0.29) is 11.9 Å². The number of hydrazone groups is 1. The van der Waals surface area contributed by atoms with Crippen LogP contribution >= 0.6 is 0 Å². The van der Waals surface area contributed by atoms with Gasteiger partial charge in [0.05, 0.1) is 6.04 Å². The fourth-order valence-electron chi connectivity index (χ4n) is 4.00. The predicted octanol–water partition coefficient (Wildman–Crippen LogP) is 0.0828. The molecule has 0 bridgehead atoms. The minimum atomic E-state index is -1.05. The Hall–Kier alpha value is -3.67. The van der Waals surface area contributed by atoms with E-state index < -0.39 is 30.1 Å². The predicted molar refractivity (Wildman–Crippen MR) is 132 cm³/mol. The van der Waals surface area contributed by atoms with Crippen molar-refractivity contribution in [2.24, 2.45) is 21.6 Å². The quantitative estimate of drug-likeness (QED) is 0.0855. The summed E-state index contributed by atoms with van der Waals surface area (Å²) in [7, 11) is 0. The van der Waals surface area contributed by atoms with Crippen molar-refractivity contribution in [1.82, 2.24) is 15.6 Å². The van der Waals surface area contributed by atoms with Gasteiger partial charge in [0.25, 0.3) is 0 Å². The van der Waals surface area contributed by atoms with Crippen molar-refractivity contribution >= 4 is 30.1 Å². The van der Waals surface area contributed by atoms with Gasteiger partial charge in [-0.15, -0.1) is 5.10 Å². The zero-order chi connectivity index (χ0) is 25.6. The number of aliphatic imine (C=N–C) groups is 1. The molecule has 1 aliphatic rings. The minimum Gasteiger partial charge on any atom is -0.480 e. The van der Waals surface area contributed by atoms with Crippen LogP contribution in [0.15, 0.2) is 40.4 Å². The van der Waals surface area contributed by atoms with E-state index >= 15 is 0 Å². The van der Waals surface area contributed by atoms with Crippen LogP contribution in [0.5, 0.6) is 0 Å². The standard InChI is InChI=1S/C23H35N7O5/c24-23(25)29-27-15-26-13-5-4-9-17(20(31)30-14-6-10-19(30)22(34)35)28-18(21(32)33)12-11-16-7-2-1-3-8-16/h1-3,7-8,15,17-19,28H,4-6,9-14H2,(H,26,27)(H,32,33)(H,34,35)(H4,24,25,29)/t17-,18-,19-/m0/s1. The number of likely N-dealkylation sites (tertiary alicyclic amines) is 1. The lowest BCUT2D eigenvalue weighted by Crippen LogP contribution is -2.54. The van der Waals surface area contributed by atoms with Gasteiger partial charge in [0, 0.05) is 13.1 Å². The van der Waals surface area contributed by atoms with Crippen LogP contribution in [0.3, 0.4) is 0 Å². The number of nitrogens with zero attached hydrogens (tertiary/aromatic N) is 3. The summed E-state index contributed by atoms with van der Waals surface area (Å²) in [5.41, 5.74) is 13.9. The molecule has 0 radical (unpaired) electrons. The van der Waals surface area contributed by atoms with E-state index in [1.807, 2.05) is 30.3 Å². The second kappa shape index (κ2) is 14.6. The van der Waals surface area contributed by atoms with Crippen molar-refractivity contribution in [2.75, 3.05) is 13.1 Å². The number of carbonyl (C=O) groups is 3. The Bertz CT molecular complexity index is 890. The fourth-order valence-corrected chi connectivity index (χ4v) is 4.00. The third-order valence-corrected chi connectivity index (χ3v) is 5.76. The number of unbranched alkanes of at least 4 members (excludes halogenated alkanes) is 1. The average Bonchev–Trinajstić information content (AvgIpc) is 3.32. The van der Waals surface area contributed by atoms with E-state index in [1.165, 1.54) is 11.2 Å². The lowest BCUT2D eigenvalue weighted by atomic mass is 10.0. The molecule has 35 heavy (non-hydrogen) atoms. The summed E-state index contributed by atoms with van der Waals surface area (Å²) in [6, 6.07) is 6.87. The molecule has 1 amide bonds. The molecule has 1 aromatic rings. The molecule has 0 aromatic heterocycles. The molecule has 1 aliphatic heterocycles. The zero-order valence-corrected chi connectivity index (χ0v) is 19.7.